The lowest BCUT2D eigenvalue weighted by Crippen LogP contribution is -2.24. The number of methoxy groups -OCH3 is 1. The molecule has 122 valence electrons. The van der Waals surface area contributed by atoms with Crippen molar-refractivity contribution < 1.29 is 14.1 Å². The van der Waals surface area contributed by atoms with Crippen LogP contribution in [0.5, 0.6) is 5.75 Å². The number of nitrogens with zero attached hydrogens (tertiary/aromatic N) is 1. The van der Waals surface area contributed by atoms with Gasteiger partial charge in [0.25, 0.3) is 0 Å². The van der Waals surface area contributed by atoms with Crippen LogP contribution in [0.4, 0.5) is 0 Å². The maximum atomic E-state index is 12.0. The number of rotatable bonds is 6. The Morgan fingerprint density at radius 2 is 1.88 bits per heavy atom. The van der Waals surface area contributed by atoms with Crippen molar-refractivity contribution >= 4 is 5.91 Å². The Labute approximate surface area is 140 Å². The molecule has 0 unspecified atom stereocenters. The van der Waals surface area contributed by atoms with Crippen LogP contribution in [0.3, 0.4) is 0 Å². The Bertz CT molecular complexity index is 795. The van der Waals surface area contributed by atoms with Crippen molar-refractivity contribution in [1.29, 1.82) is 0 Å². The van der Waals surface area contributed by atoms with Gasteiger partial charge in [-0.1, -0.05) is 47.6 Å². The number of aromatic nitrogens is 1. The van der Waals surface area contributed by atoms with Gasteiger partial charge in [-0.05, 0) is 17.7 Å². The summed E-state index contributed by atoms with van der Waals surface area (Å²) in [6, 6.07) is 19.0. The Balaban J connectivity index is 1.54. The van der Waals surface area contributed by atoms with Crippen molar-refractivity contribution in [2.45, 2.75) is 13.0 Å². The first-order chi connectivity index (χ1) is 11.7. The zero-order valence-corrected chi connectivity index (χ0v) is 13.4. The fourth-order valence-electron chi connectivity index (χ4n) is 2.30. The number of hydrogen-bond donors (Lipinski definition) is 1. The van der Waals surface area contributed by atoms with E-state index in [1.54, 1.807) is 13.2 Å². The van der Waals surface area contributed by atoms with E-state index in [0.29, 0.717) is 18.0 Å². The summed E-state index contributed by atoms with van der Waals surface area (Å²) < 4.78 is 10.4. The van der Waals surface area contributed by atoms with Crippen LogP contribution < -0.4 is 10.1 Å². The summed E-state index contributed by atoms with van der Waals surface area (Å²) in [5.41, 5.74) is 2.56. The van der Waals surface area contributed by atoms with E-state index in [1.165, 1.54) is 0 Å². The van der Waals surface area contributed by atoms with E-state index in [-0.39, 0.29) is 12.3 Å². The van der Waals surface area contributed by atoms with Crippen molar-refractivity contribution in [3.63, 3.8) is 0 Å². The molecule has 0 radical (unpaired) electrons. The van der Waals surface area contributed by atoms with Crippen LogP contribution in [0.25, 0.3) is 11.3 Å². The first-order valence-electron chi connectivity index (χ1n) is 7.65. The summed E-state index contributed by atoms with van der Waals surface area (Å²) in [5.74, 6) is 1.35. The first-order valence-corrected chi connectivity index (χ1v) is 7.65. The van der Waals surface area contributed by atoms with Gasteiger partial charge >= 0.3 is 0 Å². The molecule has 5 nitrogen and oxygen atoms in total. The highest BCUT2D eigenvalue weighted by atomic mass is 16.5. The van der Waals surface area contributed by atoms with E-state index >= 15 is 0 Å². The van der Waals surface area contributed by atoms with Gasteiger partial charge in [0.05, 0.1) is 19.2 Å². The summed E-state index contributed by atoms with van der Waals surface area (Å²) in [6.45, 7) is 0.465. The lowest BCUT2D eigenvalue weighted by molar-refractivity contribution is -0.120. The largest absolute Gasteiger partial charge is 0.497 e. The van der Waals surface area contributed by atoms with Crippen molar-refractivity contribution in [2.75, 3.05) is 7.11 Å². The summed E-state index contributed by atoms with van der Waals surface area (Å²) in [4.78, 5) is 12.0. The molecule has 1 amide bonds. The Morgan fingerprint density at radius 1 is 1.12 bits per heavy atom. The van der Waals surface area contributed by atoms with Crippen LogP contribution >= 0.6 is 0 Å². The number of hydrogen-bond acceptors (Lipinski definition) is 4. The molecular weight excluding hydrogens is 304 g/mol. The Morgan fingerprint density at radius 3 is 2.58 bits per heavy atom. The monoisotopic (exact) mass is 322 g/mol. The first kappa shape index (κ1) is 15.8. The molecular formula is C19H18N2O3. The van der Waals surface area contributed by atoms with Gasteiger partial charge < -0.3 is 14.6 Å². The molecule has 0 aliphatic heterocycles. The number of amides is 1. The molecule has 0 saturated heterocycles. The molecule has 1 aromatic heterocycles. The minimum absolute atomic E-state index is 0.0984. The van der Waals surface area contributed by atoms with Gasteiger partial charge in [-0.15, -0.1) is 0 Å². The van der Waals surface area contributed by atoms with Gasteiger partial charge in [0.15, 0.2) is 5.76 Å². The summed E-state index contributed by atoms with van der Waals surface area (Å²) >= 11 is 0. The minimum atomic E-state index is -0.0984. The quantitative estimate of drug-likeness (QED) is 0.757. The molecule has 2 aromatic carbocycles. The van der Waals surface area contributed by atoms with Crippen molar-refractivity contribution in [2.24, 2.45) is 0 Å². The number of carbonyl (C=O) groups excluding carboxylic acids is 1. The van der Waals surface area contributed by atoms with Crippen LogP contribution in [-0.2, 0) is 17.8 Å². The third-order valence-corrected chi connectivity index (χ3v) is 3.61. The summed E-state index contributed by atoms with van der Waals surface area (Å²) in [5, 5.41) is 6.83. The average Bonchev–Trinajstić information content (AvgIpc) is 3.09. The third-order valence-electron chi connectivity index (χ3n) is 3.61. The van der Waals surface area contributed by atoms with Crippen LogP contribution in [0.1, 0.15) is 11.3 Å². The highest BCUT2D eigenvalue weighted by molar-refractivity contribution is 5.78. The number of carbonyl (C=O) groups is 1. The fourth-order valence-corrected chi connectivity index (χ4v) is 2.30. The van der Waals surface area contributed by atoms with Crippen LogP contribution in [-0.4, -0.2) is 18.2 Å². The number of benzene rings is 2. The molecule has 0 fully saturated rings. The van der Waals surface area contributed by atoms with E-state index in [9.17, 15) is 4.79 Å². The van der Waals surface area contributed by atoms with Crippen LogP contribution in [0, 0.1) is 0 Å². The highest BCUT2D eigenvalue weighted by Crippen LogP contribution is 2.19. The molecule has 1 heterocycles. The lowest BCUT2D eigenvalue weighted by atomic mass is 10.1. The normalized spacial score (nSPS) is 10.4. The van der Waals surface area contributed by atoms with Gasteiger partial charge in [-0.25, -0.2) is 0 Å². The molecule has 24 heavy (non-hydrogen) atoms. The molecule has 0 saturated carbocycles. The summed E-state index contributed by atoms with van der Waals surface area (Å²) in [6.07, 6.45) is 0.187. The van der Waals surface area contributed by atoms with Gasteiger partial charge in [-0.2, -0.15) is 0 Å². The second kappa shape index (κ2) is 7.46. The van der Waals surface area contributed by atoms with Crippen LogP contribution in [0.2, 0.25) is 0 Å². The van der Waals surface area contributed by atoms with Gasteiger partial charge in [0.2, 0.25) is 5.91 Å². The number of nitrogens with one attached hydrogen (secondary N) is 1. The van der Waals surface area contributed by atoms with E-state index in [4.69, 9.17) is 9.26 Å². The molecule has 0 spiro atoms. The minimum Gasteiger partial charge on any atom is -0.497 e. The fraction of sp³-hybridized carbons (Fsp3) is 0.158. The van der Waals surface area contributed by atoms with E-state index in [2.05, 4.69) is 10.5 Å². The maximum Gasteiger partial charge on any atom is 0.226 e. The second-order valence-corrected chi connectivity index (χ2v) is 5.35. The highest BCUT2D eigenvalue weighted by Gasteiger charge is 2.10. The molecule has 0 bridgehead atoms. The van der Waals surface area contributed by atoms with E-state index < -0.39 is 0 Å². The van der Waals surface area contributed by atoms with Gasteiger partial charge in [-0.3, -0.25) is 4.79 Å². The van der Waals surface area contributed by atoms with Crippen molar-refractivity contribution in [1.82, 2.24) is 10.5 Å². The molecule has 5 heteroatoms. The molecule has 1 N–H and O–H groups in total. The zero-order chi connectivity index (χ0) is 16.8. The van der Waals surface area contributed by atoms with Crippen molar-refractivity contribution in [3.05, 3.63) is 71.9 Å². The predicted molar refractivity (Wildman–Crippen MR) is 90.5 cm³/mol. The van der Waals surface area contributed by atoms with E-state index in [1.807, 2.05) is 54.6 Å². The zero-order valence-electron chi connectivity index (χ0n) is 13.4. The standard InChI is InChI=1S/C19H18N2O3/c1-23-17-9-7-14(8-10-17)13-20-19(22)12-16-11-18(24-21-16)15-5-3-2-4-6-15/h2-11H,12-13H2,1H3,(H,20,22). The number of ether oxygens (including phenoxy) is 1. The molecule has 3 rings (SSSR count). The predicted octanol–water partition coefficient (Wildman–Crippen LogP) is 3.21. The van der Waals surface area contributed by atoms with Crippen LogP contribution in [0.15, 0.2) is 65.2 Å². The smallest absolute Gasteiger partial charge is 0.226 e. The Hall–Kier alpha value is -3.08. The average molecular weight is 322 g/mol. The SMILES string of the molecule is COc1ccc(CNC(=O)Cc2cc(-c3ccccc3)on2)cc1. The van der Waals surface area contributed by atoms with Gasteiger partial charge in [0, 0.05) is 18.2 Å². The van der Waals surface area contributed by atoms with Gasteiger partial charge in [0.1, 0.15) is 5.75 Å². The topological polar surface area (TPSA) is 64.4 Å². The van der Waals surface area contributed by atoms with E-state index in [0.717, 1.165) is 16.9 Å². The molecule has 0 aliphatic carbocycles. The molecule has 0 atom stereocenters. The lowest BCUT2D eigenvalue weighted by Gasteiger charge is -2.05. The Kier molecular flexibility index (Phi) is 4.91. The van der Waals surface area contributed by atoms with Crippen molar-refractivity contribution in [3.8, 4) is 17.1 Å². The maximum absolute atomic E-state index is 12.0. The second-order valence-electron chi connectivity index (χ2n) is 5.35. The summed E-state index contributed by atoms with van der Waals surface area (Å²) in [7, 11) is 1.62. The molecule has 0 aliphatic rings. The molecule has 3 aromatic rings. The third kappa shape index (κ3) is 4.01.